The van der Waals surface area contributed by atoms with Crippen LogP contribution in [0.1, 0.15) is 54.9 Å². The number of aliphatic hydroxyl groups excluding tert-OH is 1. The topological polar surface area (TPSA) is 82.4 Å². The molecule has 242 valence electrons. The van der Waals surface area contributed by atoms with Gasteiger partial charge in [0.25, 0.3) is 0 Å². The van der Waals surface area contributed by atoms with Gasteiger partial charge < -0.3 is 18.9 Å². The molecule has 3 aromatic carbocycles. The molecule has 3 aromatic rings. The van der Waals surface area contributed by atoms with Crippen molar-refractivity contribution in [1.29, 1.82) is 0 Å². The van der Waals surface area contributed by atoms with Crippen molar-refractivity contribution in [2.45, 2.75) is 88.9 Å². The Kier molecular flexibility index (Phi) is 9.54. The molecular formula is C37H44FN3O4Si. The third-order valence-electron chi connectivity index (χ3n) is 10.00. The van der Waals surface area contributed by atoms with Crippen molar-refractivity contribution >= 4 is 31.6 Å². The van der Waals surface area contributed by atoms with E-state index < -0.39 is 14.5 Å². The number of fused-ring (bicyclic) bond motifs is 1. The maximum absolute atomic E-state index is 15.8. The lowest BCUT2D eigenvalue weighted by Gasteiger charge is -2.37. The number of halogens is 1. The maximum Gasteiger partial charge on any atom is 0.247 e. The Morgan fingerprint density at radius 1 is 0.978 bits per heavy atom. The van der Waals surface area contributed by atoms with Crippen LogP contribution in [0.4, 0.5) is 9.80 Å². The minimum atomic E-state index is -3.16. The number of anilines is 1. The van der Waals surface area contributed by atoms with E-state index in [9.17, 15) is 14.7 Å². The van der Waals surface area contributed by atoms with Gasteiger partial charge in [-0.2, -0.15) is 5.10 Å². The van der Waals surface area contributed by atoms with Crippen LogP contribution in [0.5, 0.6) is 0 Å². The average molecular weight is 642 g/mol. The van der Waals surface area contributed by atoms with Crippen LogP contribution < -0.4 is 5.01 Å². The van der Waals surface area contributed by atoms with E-state index >= 15 is 4.11 Å². The molecule has 0 aromatic heterocycles. The SMILES string of the molecule is C[C@@H]1[C@@H]([Si](C)(C)F)[C@H](CC(=O)N2Cc3ccccc3C[C@H]2CO)O[C@@H]1CCc1ccc(N2N=C(c3ccccc3)CCC2=O)cc1. The van der Waals surface area contributed by atoms with Crippen LogP contribution in [0, 0.1) is 5.92 Å². The van der Waals surface area contributed by atoms with Crippen molar-refractivity contribution in [3.63, 3.8) is 0 Å². The minimum absolute atomic E-state index is 0.0174. The van der Waals surface area contributed by atoms with Gasteiger partial charge in [0, 0.05) is 24.9 Å². The van der Waals surface area contributed by atoms with E-state index in [1.807, 2.05) is 72.8 Å². The molecule has 46 heavy (non-hydrogen) atoms. The summed E-state index contributed by atoms with van der Waals surface area (Å²) < 4.78 is 22.3. The molecule has 3 aliphatic heterocycles. The van der Waals surface area contributed by atoms with Crippen LogP contribution in [0.25, 0.3) is 0 Å². The average Bonchev–Trinajstić information content (AvgIpc) is 3.38. The summed E-state index contributed by atoms with van der Waals surface area (Å²) >= 11 is 0. The van der Waals surface area contributed by atoms with E-state index in [0.29, 0.717) is 32.2 Å². The summed E-state index contributed by atoms with van der Waals surface area (Å²) in [5.74, 6) is -0.129. The first-order chi connectivity index (χ1) is 22.1. The Hall–Kier alpha value is -3.66. The van der Waals surface area contributed by atoms with Gasteiger partial charge in [0.15, 0.2) is 0 Å². The number of aryl methyl sites for hydroxylation is 1. The predicted octanol–water partition coefficient (Wildman–Crippen LogP) is 6.43. The van der Waals surface area contributed by atoms with Gasteiger partial charge in [0.05, 0.1) is 42.7 Å². The Morgan fingerprint density at radius 3 is 2.37 bits per heavy atom. The summed E-state index contributed by atoms with van der Waals surface area (Å²) in [6, 6.07) is 25.6. The van der Waals surface area contributed by atoms with E-state index in [2.05, 4.69) is 18.1 Å². The van der Waals surface area contributed by atoms with E-state index in [1.165, 1.54) is 5.01 Å². The van der Waals surface area contributed by atoms with Gasteiger partial charge in [-0.05, 0) is 72.7 Å². The lowest BCUT2D eigenvalue weighted by atomic mass is 9.93. The number of amides is 2. The number of hydrogen-bond donors (Lipinski definition) is 1. The third kappa shape index (κ3) is 6.87. The number of benzene rings is 3. The van der Waals surface area contributed by atoms with Crippen molar-refractivity contribution in [1.82, 2.24) is 4.90 Å². The van der Waals surface area contributed by atoms with Crippen LogP contribution in [0.15, 0.2) is 84.0 Å². The number of carbonyl (C=O) groups is 2. The standard InChI is InChI=1S/C37H44FN3O4Si/c1-25-33(19-15-26-13-16-30(17-14-26)41-35(43)20-18-32(39-41)27-9-5-4-6-10-27)45-34(37(25)46(2,3)38)22-36(44)40-23-29-12-8-7-11-28(29)21-31(40)24-42/h4-14,16-17,25,31,33-34,37,42H,15,18-24H2,1-3H3/t25-,31-,33+,34-,37+/m0/s1. The van der Waals surface area contributed by atoms with Crippen LogP contribution in [0.3, 0.4) is 0 Å². The molecule has 5 atom stereocenters. The number of ether oxygens (including phenoxy) is 1. The second-order valence-electron chi connectivity index (χ2n) is 13.5. The van der Waals surface area contributed by atoms with Gasteiger partial charge in [-0.15, -0.1) is 0 Å². The summed E-state index contributed by atoms with van der Waals surface area (Å²) in [6.45, 7) is 5.84. The van der Waals surface area contributed by atoms with E-state index in [1.54, 1.807) is 18.0 Å². The zero-order chi connectivity index (χ0) is 32.4. The summed E-state index contributed by atoms with van der Waals surface area (Å²) in [5, 5.41) is 16.3. The molecule has 2 amide bonds. The molecule has 0 spiro atoms. The van der Waals surface area contributed by atoms with Crippen molar-refractivity contribution in [2.24, 2.45) is 11.0 Å². The van der Waals surface area contributed by atoms with E-state index in [4.69, 9.17) is 4.74 Å². The second kappa shape index (κ2) is 13.6. The number of hydrazone groups is 1. The predicted molar refractivity (Wildman–Crippen MR) is 181 cm³/mol. The van der Waals surface area contributed by atoms with Gasteiger partial charge in [0.1, 0.15) is 0 Å². The molecular weight excluding hydrogens is 598 g/mol. The molecule has 0 radical (unpaired) electrons. The lowest BCUT2D eigenvalue weighted by Crippen LogP contribution is -2.48. The first-order valence-corrected chi connectivity index (χ1v) is 19.4. The number of hydrogen-bond acceptors (Lipinski definition) is 5. The Balaban J connectivity index is 1.11. The van der Waals surface area contributed by atoms with Crippen molar-refractivity contribution in [3.8, 4) is 0 Å². The van der Waals surface area contributed by atoms with Crippen molar-refractivity contribution < 1.29 is 23.5 Å². The Labute approximate surface area is 272 Å². The molecule has 1 fully saturated rings. The highest BCUT2D eigenvalue weighted by atomic mass is 28.4. The van der Waals surface area contributed by atoms with Gasteiger partial charge in [-0.25, -0.2) is 5.01 Å². The summed E-state index contributed by atoms with van der Waals surface area (Å²) in [7, 11) is -3.16. The molecule has 0 bridgehead atoms. The Morgan fingerprint density at radius 2 is 1.67 bits per heavy atom. The highest BCUT2D eigenvalue weighted by Crippen LogP contribution is 2.47. The van der Waals surface area contributed by atoms with Crippen LogP contribution >= 0.6 is 0 Å². The molecule has 0 saturated carbocycles. The molecule has 0 aliphatic carbocycles. The molecule has 1 saturated heterocycles. The molecule has 1 N–H and O–H groups in total. The highest BCUT2D eigenvalue weighted by Gasteiger charge is 2.52. The first kappa shape index (κ1) is 32.3. The number of nitrogens with zero attached hydrogens (tertiary/aromatic N) is 3. The largest absolute Gasteiger partial charge is 0.394 e. The third-order valence-corrected chi connectivity index (χ3v) is 12.5. The summed E-state index contributed by atoms with van der Waals surface area (Å²) in [4.78, 5) is 28.2. The summed E-state index contributed by atoms with van der Waals surface area (Å²) in [6.07, 6.45) is 2.56. The smallest absolute Gasteiger partial charge is 0.247 e. The lowest BCUT2D eigenvalue weighted by molar-refractivity contribution is -0.138. The fourth-order valence-electron chi connectivity index (χ4n) is 7.61. The van der Waals surface area contributed by atoms with Crippen molar-refractivity contribution in [2.75, 3.05) is 11.6 Å². The fraction of sp³-hybridized carbons (Fsp3) is 0.432. The molecule has 9 heteroatoms. The van der Waals surface area contributed by atoms with E-state index in [0.717, 1.165) is 40.1 Å². The molecule has 3 heterocycles. The summed E-state index contributed by atoms with van der Waals surface area (Å²) in [5.41, 5.74) is 5.71. The van der Waals surface area contributed by atoms with Crippen molar-refractivity contribution in [3.05, 3.63) is 101 Å². The zero-order valence-electron chi connectivity index (χ0n) is 26.9. The fourth-order valence-corrected chi connectivity index (χ4v) is 10.2. The van der Waals surface area contributed by atoms with Gasteiger partial charge in [0.2, 0.25) is 20.2 Å². The van der Waals surface area contributed by atoms with E-state index in [-0.39, 0.29) is 48.4 Å². The quantitative estimate of drug-likeness (QED) is 0.216. The molecule has 3 aliphatic rings. The first-order valence-electron chi connectivity index (χ1n) is 16.5. The maximum atomic E-state index is 15.8. The number of carbonyl (C=O) groups excluding carboxylic acids is 2. The second-order valence-corrected chi connectivity index (χ2v) is 17.3. The Bertz CT molecular complexity index is 1580. The van der Waals surface area contributed by atoms with Gasteiger partial charge in [-0.1, -0.05) is 73.7 Å². The van der Waals surface area contributed by atoms with Crippen LogP contribution in [-0.2, 0) is 33.7 Å². The molecule has 0 unspecified atom stereocenters. The monoisotopic (exact) mass is 641 g/mol. The minimum Gasteiger partial charge on any atom is -0.394 e. The van der Waals surface area contributed by atoms with Gasteiger partial charge in [-0.3, -0.25) is 9.59 Å². The normalized spacial score (nSPS) is 24.9. The number of rotatable bonds is 9. The highest BCUT2D eigenvalue weighted by molar-refractivity contribution is 6.72. The number of aliphatic hydroxyl groups is 1. The molecule has 7 nitrogen and oxygen atoms in total. The van der Waals surface area contributed by atoms with Crippen LogP contribution in [0.2, 0.25) is 18.6 Å². The van der Waals surface area contributed by atoms with Gasteiger partial charge >= 0.3 is 0 Å². The zero-order valence-corrected chi connectivity index (χ0v) is 27.9. The van der Waals surface area contributed by atoms with Crippen LogP contribution in [-0.4, -0.2) is 60.8 Å². The molecule has 6 rings (SSSR count).